The predicted octanol–water partition coefficient (Wildman–Crippen LogP) is 4.91. The maximum Gasteiger partial charge on any atom is 0.0388 e. The molecule has 0 amide bonds. The maximum absolute atomic E-state index is 3.70. The van der Waals surface area contributed by atoms with E-state index in [0.29, 0.717) is 5.92 Å². The molecule has 1 aliphatic heterocycles. The second-order valence-corrected chi connectivity index (χ2v) is 6.33. The van der Waals surface area contributed by atoms with Crippen LogP contribution in [0.1, 0.15) is 78.0 Å². The first-order chi connectivity index (χ1) is 8.24. The van der Waals surface area contributed by atoms with E-state index in [2.05, 4.69) is 65.1 Å². The van der Waals surface area contributed by atoms with Crippen molar-refractivity contribution in [2.75, 3.05) is 0 Å². The van der Waals surface area contributed by atoms with Gasteiger partial charge in [0.15, 0.2) is 0 Å². The predicted molar refractivity (Wildman–Crippen MR) is 81.1 cm³/mol. The average molecular weight is 247 g/mol. The summed E-state index contributed by atoms with van der Waals surface area (Å²) in [6.07, 6.45) is 0. The molecule has 0 atom stereocenters. The number of hydrogen-bond acceptors (Lipinski definition) is 1. The zero-order valence-electron chi connectivity index (χ0n) is 13.3. The van der Waals surface area contributed by atoms with Crippen LogP contribution >= 0.6 is 0 Å². The van der Waals surface area contributed by atoms with Gasteiger partial charge >= 0.3 is 0 Å². The van der Waals surface area contributed by atoms with Crippen molar-refractivity contribution in [1.29, 1.82) is 0 Å². The first-order valence-corrected chi connectivity index (χ1v) is 7.18. The zero-order valence-corrected chi connectivity index (χ0v) is 13.3. The molecule has 1 nitrogen and oxygen atoms in total. The van der Waals surface area contributed by atoms with Gasteiger partial charge in [0, 0.05) is 11.1 Å². The topological polar surface area (TPSA) is 12.0 Å². The summed E-state index contributed by atoms with van der Waals surface area (Å²) in [5.41, 5.74) is 4.52. The molecular formula is C17H29N. The molecule has 1 aliphatic rings. The summed E-state index contributed by atoms with van der Waals surface area (Å²) in [6, 6.07) is 6.95. The molecule has 0 fully saturated rings. The molecule has 1 N–H and O–H groups in total. The monoisotopic (exact) mass is 247 g/mol. The van der Waals surface area contributed by atoms with Crippen LogP contribution in [0.25, 0.3) is 0 Å². The first kappa shape index (κ1) is 15.2. The van der Waals surface area contributed by atoms with Gasteiger partial charge in [0.2, 0.25) is 0 Å². The number of hydrogen-bond donors (Lipinski definition) is 1. The summed E-state index contributed by atoms with van der Waals surface area (Å²) in [6.45, 7) is 17.6. The molecule has 0 aromatic heterocycles. The smallest absolute Gasteiger partial charge is 0.0388 e. The van der Waals surface area contributed by atoms with Gasteiger partial charge in [0.05, 0.1) is 0 Å². The van der Waals surface area contributed by atoms with Crippen LogP contribution in [0, 0.1) is 0 Å². The average Bonchev–Trinajstić information content (AvgIpc) is 2.47. The van der Waals surface area contributed by atoms with Gasteiger partial charge < -0.3 is 0 Å². The number of benzene rings is 1. The Morgan fingerprint density at radius 2 is 1.39 bits per heavy atom. The Morgan fingerprint density at radius 3 is 1.89 bits per heavy atom. The van der Waals surface area contributed by atoms with Crippen molar-refractivity contribution >= 4 is 0 Å². The van der Waals surface area contributed by atoms with Crippen LogP contribution in [-0.2, 0) is 11.1 Å². The molecule has 0 bridgehead atoms. The van der Waals surface area contributed by atoms with Gasteiger partial charge in [0.1, 0.15) is 0 Å². The van der Waals surface area contributed by atoms with E-state index < -0.39 is 0 Å². The minimum atomic E-state index is 0.0870. The van der Waals surface area contributed by atoms with Crippen LogP contribution in [0.15, 0.2) is 18.2 Å². The molecule has 1 heteroatoms. The van der Waals surface area contributed by atoms with E-state index in [1.807, 2.05) is 13.8 Å². The molecule has 1 aromatic carbocycles. The maximum atomic E-state index is 3.70. The lowest BCUT2D eigenvalue weighted by atomic mass is 9.87. The normalized spacial score (nSPS) is 19.2. The van der Waals surface area contributed by atoms with Gasteiger partial charge in [-0.15, -0.1) is 0 Å². The Balaban J connectivity index is 0.000000771. The Bertz CT molecular complexity index is 414. The Hall–Kier alpha value is -0.820. The fourth-order valence-corrected chi connectivity index (χ4v) is 2.90. The highest BCUT2D eigenvalue weighted by Crippen LogP contribution is 2.41. The van der Waals surface area contributed by atoms with E-state index in [4.69, 9.17) is 0 Å². The second-order valence-electron chi connectivity index (χ2n) is 6.33. The molecule has 0 spiro atoms. The highest BCUT2D eigenvalue weighted by Gasteiger charge is 2.40. The molecule has 18 heavy (non-hydrogen) atoms. The highest BCUT2D eigenvalue weighted by molar-refractivity contribution is 5.45. The van der Waals surface area contributed by atoms with E-state index in [9.17, 15) is 0 Å². The third kappa shape index (κ3) is 2.61. The van der Waals surface area contributed by atoms with Gasteiger partial charge in [-0.1, -0.05) is 45.9 Å². The first-order valence-electron chi connectivity index (χ1n) is 7.18. The highest BCUT2D eigenvalue weighted by atomic mass is 15.1. The molecule has 0 radical (unpaired) electrons. The summed E-state index contributed by atoms with van der Waals surface area (Å²) in [5.74, 6) is 0.602. The quantitative estimate of drug-likeness (QED) is 0.743. The molecule has 0 unspecified atom stereocenters. The Morgan fingerprint density at radius 1 is 0.889 bits per heavy atom. The molecule has 1 heterocycles. The SMILES string of the molecule is CC.CC(C)c1ccc2c(c1)C(C)(C)NC2(C)C. The van der Waals surface area contributed by atoms with Crippen molar-refractivity contribution < 1.29 is 0 Å². The van der Waals surface area contributed by atoms with E-state index in [1.54, 1.807) is 0 Å². The molecule has 1 aromatic rings. The molecular weight excluding hydrogens is 218 g/mol. The van der Waals surface area contributed by atoms with Crippen LogP contribution in [0.4, 0.5) is 0 Å². The lowest BCUT2D eigenvalue weighted by Gasteiger charge is -2.25. The summed E-state index contributed by atoms with van der Waals surface area (Å²) in [5, 5.41) is 3.70. The fourth-order valence-electron chi connectivity index (χ4n) is 2.90. The van der Waals surface area contributed by atoms with Crippen LogP contribution in [0.2, 0.25) is 0 Å². The van der Waals surface area contributed by atoms with Gasteiger partial charge in [-0.2, -0.15) is 0 Å². The third-order valence-electron chi connectivity index (χ3n) is 3.68. The number of nitrogens with one attached hydrogen (secondary N) is 1. The molecule has 2 rings (SSSR count). The van der Waals surface area contributed by atoms with Crippen molar-refractivity contribution in [3.8, 4) is 0 Å². The van der Waals surface area contributed by atoms with E-state index in [0.717, 1.165) is 0 Å². The van der Waals surface area contributed by atoms with Crippen molar-refractivity contribution in [2.45, 2.75) is 72.4 Å². The Labute approximate surface area is 113 Å². The van der Waals surface area contributed by atoms with E-state index in [1.165, 1.54) is 16.7 Å². The number of fused-ring (bicyclic) bond motifs is 1. The summed E-state index contributed by atoms with van der Waals surface area (Å²) >= 11 is 0. The van der Waals surface area contributed by atoms with Gasteiger partial charge in [0.25, 0.3) is 0 Å². The molecule has 0 aliphatic carbocycles. The second kappa shape index (κ2) is 5.05. The minimum absolute atomic E-state index is 0.0870. The summed E-state index contributed by atoms with van der Waals surface area (Å²) in [7, 11) is 0. The largest absolute Gasteiger partial charge is 0.299 e. The van der Waals surface area contributed by atoms with Gasteiger partial charge in [-0.25, -0.2) is 0 Å². The standard InChI is InChI=1S/C15H23N.C2H6/c1-10(2)11-7-8-12-13(9-11)15(5,6)16-14(12,3)4;1-2/h7-10,16H,1-6H3;1-2H3. The lowest BCUT2D eigenvalue weighted by molar-refractivity contribution is 0.319. The zero-order chi connectivity index (χ0) is 14.1. The van der Waals surface area contributed by atoms with Gasteiger partial charge in [-0.3, -0.25) is 5.32 Å². The van der Waals surface area contributed by atoms with Crippen molar-refractivity contribution in [1.82, 2.24) is 5.32 Å². The van der Waals surface area contributed by atoms with E-state index >= 15 is 0 Å². The summed E-state index contributed by atoms with van der Waals surface area (Å²) < 4.78 is 0. The molecule has 0 saturated carbocycles. The van der Waals surface area contributed by atoms with Gasteiger partial charge in [-0.05, 0) is 50.3 Å². The van der Waals surface area contributed by atoms with Crippen LogP contribution in [-0.4, -0.2) is 0 Å². The van der Waals surface area contributed by atoms with Crippen LogP contribution < -0.4 is 5.32 Å². The van der Waals surface area contributed by atoms with Crippen LogP contribution in [0.5, 0.6) is 0 Å². The number of rotatable bonds is 1. The van der Waals surface area contributed by atoms with Crippen molar-refractivity contribution in [2.24, 2.45) is 0 Å². The Kier molecular flexibility index (Phi) is 4.27. The third-order valence-corrected chi connectivity index (χ3v) is 3.68. The molecule has 0 saturated heterocycles. The van der Waals surface area contributed by atoms with E-state index in [-0.39, 0.29) is 11.1 Å². The van der Waals surface area contributed by atoms with Crippen LogP contribution in [0.3, 0.4) is 0 Å². The van der Waals surface area contributed by atoms with Crippen molar-refractivity contribution in [3.63, 3.8) is 0 Å². The van der Waals surface area contributed by atoms with Crippen molar-refractivity contribution in [3.05, 3.63) is 34.9 Å². The lowest BCUT2D eigenvalue weighted by Crippen LogP contribution is -2.39. The minimum Gasteiger partial charge on any atom is -0.299 e. The molecule has 102 valence electrons. The summed E-state index contributed by atoms with van der Waals surface area (Å²) in [4.78, 5) is 0. The fraction of sp³-hybridized carbons (Fsp3) is 0.647.